The molecule has 4 N–H and O–H groups in total. The van der Waals surface area contributed by atoms with Crippen molar-refractivity contribution in [3.8, 4) is 0 Å². The molecule has 0 aliphatic carbocycles. The van der Waals surface area contributed by atoms with E-state index < -0.39 is 0 Å². The third-order valence-corrected chi connectivity index (χ3v) is 2.88. The number of amides is 2. The van der Waals surface area contributed by atoms with E-state index in [1.54, 1.807) is 0 Å². The first kappa shape index (κ1) is 13.9. The second kappa shape index (κ2) is 8.03. The van der Waals surface area contributed by atoms with Crippen LogP contribution in [0.2, 0.25) is 0 Å². The van der Waals surface area contributed by atoms with Gasteiger partial charge in [-0.05, 0) is 25.8 Å². The average Bonchev–Trinajstić information content (AvgIpc) is 2.53. The molecule has 0 atom stereocenters. The highest BCUT2D eigenvalue weighted by atomic mass is 16.2. The monoisotopic (exact) mass is 242 g/mol. The minimum Gasteiger partial charge on any atom is -0.355 e. The predicted octanol–water partition coefficient (Wildman–Crippen LogP) is -0.641. The number of carbonyl (C=O) groups is 2. The van der Waals surface area contributed by atoms with Crippen LogP contribution in [0, 0.1) is 0 Å². The second-order valence-electron chi connectivity index (χ2n) is 4.36. The van der Waals surface area contributed by atoms with E-state index in [0.717, 1.165) is 45.3 Å². The Kier molecular flexibility index (Phi) is 6.57. The molecule has 0 aromatic heterocycles. The Morgan fingerprint density at radius 1 is 1.41 bits per heavy atom. The summed E-state index contributed by atoms with van der Waals surface area (Å²) in [6, 6.07) is 0. The maximum atomic E-state index is 11.3. The first-order valence-electron chi connectivity index (χ1n) is 6.21. The highest BCUT2D eigenvalue weighted by Crippen LogP contribution is 2.03. The third-order valence-electron chi connectivity index (χ3n) is 2.88. The Labute approximate surface area is 102 Å². The zero-order valence-electron chi connectivity index (χ0n) is 10.2. The van der Waals surface area contributed by atoms with Crippen molar-refractivity contribution >= 4 is 11.8 Å². The summed E-state index contributed by atoms with van der Waals surface area (Å²) in [6.07, 6.45) is 4.36. The van der Waals surface area contributed by atoms with Gasteiger partial charge in [0.05, 0.1) is 6.54 Å². The molecule has 0 aromatic carbocycles. The van der Waals surface area contributed by atoms with Crippen molar-refractivity contribution in [1.82, 2.24) is 15.6 Å². The number of rotatable bonds is 6. The molecule has 0 unspecified atom stereocenters. The Morgan fingerprint density at radius 2 is 2.24 bits per heavy atom. The van der Waals surface area contributed by atoms with Crippen LogP contribution in [0.4, 0.5) is 0 Å². The van der Waals surface area contributed by atoms with Crippen molar-refractivity contribution < 1.29 is 9.59 Å². The first-order chi connectivity index (χ1) is 8.22. The lowest BCUT2D eigenvalue weighted by molar-refractivity contribution is -0.122. The van der Waals surface area contributed by atoms with Gasteiger partial charge in [0.2, 0.25) is 11.8 Å². The van der Waals surface area contributed by atoms with Crippen LogP contribution in [0.5, 0.6) is 0 Å². The number of hydrazine groups is 1. The van der Waals surface area contributed by atoms with Crippen molar-refractivity contribution in [1.29, 1.82) is 0 Å². The van der Waals surface area contributed by atoms with Crippen LogP contribution >= 0.6 is 0 Å². The Balaban J connectivity index is 2.05. The molecule has 0 saturated carbocycles. The van der Waals surface area contributed by atoms with Crippen molar-refractivity contribution in [2.75, 3.05) is 26.2 Å². The highest BCUT2D eigenvalue weighted by molar-refractivity contribution is 5.78. The lowest BCUT2D eigenvalue weighted by Crippen LogP contribution is -2.33. The fourth-order valence-corrected chi connectivity index (χ4v) is 1.93. The van der Waals surface area contributed by atoms with Gasteiger partial charge in [-0.15, -0.1) is 0 Å². The van der Waals surface area contributed by atoms with Gasteiger partial charge in [0.15, 0.2) is 0 Å². The van der Waals surface area contributed by atoms with Gasteiger partial charge in [0, 0.05) is 19.5 Å². The van der Waals surface area contributed by atoms with Gasteiger partial charge >= 0.3 is 0 Å². The molecule has 0 radical (unpaired) electrons. The highest BCUT2D eigenvalue weighted by Gasteiger charge is 2.13. The number of nitrogens with one attached hydrogen (secondary N) is 2. The van der Waals surface area contributed by atoms with E-state index in [-0.39, 0.29) is 11.8 Å². The second-order valence-corrected chi connectivity index (χ2v) is 4.36. The lowest BCUT2D eigenvalue weighted by atomic mass is 10.2. The molecule has 6 heteroatoms. The van der Waals surface area contributed by atoms with Gasteiger partial charge in [-0.1, -0.05) is 6.42 Å². The molecular weight excluding hydrogens is 220 g/mol. The van der Waals surface area contributed by atoms with Crippen LogP contribution in [0.15, 0.2) is 0 Å². The standard InChI is InChI=1S/C11H22N4O2/c12-14-10(16)5-2-1-3-7-15-8-4-6-13-11(17)9-15/h1-9,12H2,(H,13,17)(H,14,16). The summed E-state index contributed by atoms with van der Waals surface area (Å²) in [6.45, 7) is 3.19. The minimum atomic E-state index is -0.112. The number of nitrogens with two attached hydrogens (primary N) is 1. The van der Waals surface area contributed by atoms with Gasteiger partial charge in [0.25, 0.3) is 0 Å². The van der Waals surface area contributed by atoms with Crippen LogP contribution in [-0.4, -0.2) is 42.9 Å². The molecule has 0 spiro atoms. The zero-order valence-corrected chi connectivity index (χ0v) is 10.2. The van der Waals surface area contributed by atoms with Gasteiger partial charge in [-0.2, -0.15) is 0 Å². The van der Waals surface area contributed by atoms with E-state index in [1.165, 1.54) is 0 Å². The van der Waals surface area contributed by atoms with Crippen molar-refractivity contribution in [2.45, 2.75) is 32.1 Å². The van der Waals surface area contributed by atoms with Gasteiger partial charge < -0.3 is 5.32 Å². The molecular formula is C11H22N4O2. The van der Waals surface area contributed by atoms with Gasteiger partial charge in [-0.25, -0.2) is 5.84 Å². The summed E-state index contributed by atoms with van der Waals surface area (Å²) in [4.78, 5) is 24.3. The number of carbonyl (C=O) groups excluding carboxylic acids is 2. The molecule has 1 aliphatic heterocycles. The Bertz CT molecular complexity index is 258. The van der Waals surface area contributed by atoms with E-state index in [0.29, 0.717) is 13.0 Å². The van der Waals surface area contributed by atoms with Crippen molar-refractivity contribution in [2.24, 2.45) is 5.84 Å². The maximum absolute atomic E-state index is 11.3. The fourth-order valence-electron chi connectivity index (χ4n) is 1.93. The van der Waals surface area contributed by atoms with Crippen LogP contribution in [0.1, 0.15) is 32.1 Å². The van der Waals surface area contributed by atoms with Gasteiger partial charge in [0.1, 0.15) is 0 Å². The molecule has 1 fully saturated rings. The first-order valence-corrected chi connectivity index (χ1v) is 6.21. The quantitative estimate of drug-likeness (QED) is 0.250. The topological polar surface area (TPSA) is 87.5 Å². The molecule has 0 aromatic rings. The maximum Gasteiger partial charge on any atom is 0.234 e. The summed E-state index contributed by atoms with van der Waals surface area (Å²) in [7, 11) is 0. The molecule has 1 rings (SSSR count). The summed E-state index contributed by atoms with van der Waals surface area (Å²) in [5.74, 6) is 4.99. The molecule has 2 amide bonds. The van der Waals surface area contributed by atoms with Gasteiger partial charge in [-0.3, -0.25) is 19.9 Å². The molecule has 1 heterocycles. The summed E-state index contributed by atoms with van der Waals surface area (Å²) in [5, 5.41) is 2.85. The number of unbranched alkanes of at least 4 members (excludes halogenated alkanes) is 2. The van der Waals surface area contributed by atoms with Crippen LogP contribution < -0.4 is 16.6 Å². The van der Waals surface area contributed by atoms with E-state index in [2.05, 4.69) is 15.6 Å². The smallest absolute Gasteiger partial charge is 0.234 e. The summed E-state index contributed by atoms with van der Waals surface area (Å²) < 4.78 is 0. The van der Waals surface area contributed by atoms with Crippen molar-refractivity contribution in [3.63, 3.8) is 0 Å². The lowest BCUT2D eigenvalue weighted by Gasteiger charge is -2.17. The van der Waals surface area contributed by atoms with E-state index in [4.69, 9.17) is 5.84 Å². The summed E-state index contributed by atoms with van der Waals surface area (Å²) >= 11 is 0. The summed E-state index contributed by atoms with van der Waals surface area (Å²) in [5.41, 5.74) is 2.12. The Morgan fingerprint density at radius 3 is 3.00 bits per heavy atom. The Hall–Kier alpha value is -1.14. The minimum absolute atomic E-state index is 0.112. The molecule has 1 aliphatic rings. The number of nitrogens with zero attached hydrogens (tertiary/aromatic N) is 1. The average molecular weight is 242 g/mol. The zero-order chi connectivity index (χ0) is 12.5. The molecule has 98 valence electrons. The van der Waals surface area contributed by atoms with Crippen LogP contribution in [0.3, 0.4) is 0 Å². The van der Waals surface area contributed by atoms with E-state index in [9.17, 15) is 9.59 Å². The number of hydrogen-bond donors (Lipinski definition) is 3. The molecule has 1 saturated heterocycles. The van der Waals surface area contributed by atoms with E-state index in [1.807, 2.05) is 0 Å². The van der Waals surface area contributed by atoms with Crippen LogP contribution in [-0.2, 0) is 9.59 Å². The largest absolute Gasteiger partial charge is 0.355 e. The normalized spacial score (nSPS) is 17.4. The SMILES string of the molecule is NNC(=O)CCCCCN1CCCNC(=O)C1. The third kappa shape index (κ3) is 6.23. The molecule has 6 nitrogen and oxygen atoms in total. The predicted molar refractivity (Wildman–Crippen MR) is 64.9 cm³/mol. The van der Waals surface area contributed by atoms with Crippen molar-refractivity contribution in [3.05, 3.63) is 0 Å². The molecule has 0 bridgehead atoms. The number of hydrogen-bond acceptors (Lipinski definition) is 4. The van der Waals surface area contributed by atoms with Crippen LogP contribution in [0.25, 0.3) is 0 Å². The fraction of sp³-hybridized carbons (Fsp3) is 0.818. The molecule has 17 heavy (non-hydrogen) atoms. The van der Waals surface area contributed by atoms with E-state index >= 15 is 0 Å².